The molecule has 1 unspecified atom stereocenters. The molecule has 0 fully saturated rings. The van der Waals surface area contributed by atoms with E-state index in [2.05, 4.69) is 11.8 Å². The van der Waals surface area contributed by atoms with Gasteiger partial charge in [-0.3, -0.25) is 4.79 Å². The monoisotopic (exact) mass is 159 g/mol. The second-order valence-electron chi connectivity index (χ2n) is 2.83. The predicted molar refractivity (Wildman–Crippen MR) is 43.6 cm³/mol. The standard InChI is InChI=1S/C8H17NO2/c1-3-4-5-6-7(2)8(10)11-9/h7H,3-6,9H2,1-2H3. The first-order chi connectivity index (χ1) is 5.22. The summed E-state index contributed by atoms with van der Waals surface area (Å²) in [7, 11) is 0. The van der Waals surface area contributed by atoms with Gasteiger partial charge in [0.25, 0.3) is 0 Å². The third-order valence-electron chi connectivity index (χ3n) is 1.76. The Balaban J connectivity index is 3.36. The van der Waals surface area contributed by atoms with Crippen LogP contribution in [0.5, 0.6) is 0 Å². The van der Waals surface area contributed by atoms with Crippen LogP contribution >= 0.6 is 0 Å². The van der Waals surface area contributed by atoms with Crippen molar-refractivity contribution in [2.75, 3.05) is 0 Å². The molecule has 0 aromatic carbocycles. The molecule has 0 amide bonds. The van der Waals surface area contributed by atoms with Crippen LogP contribution in [0.4, 0.5) is 0 Å². The van der Waals surface area contributed by atoms with Crippen LogP contribution in [0.15, 0.2) is 0 Å². The Kier molecular flexibility index (Phi) is 5.84. The van der Waals surface area contributed by atoms with Gasteiger partial charge in [0.15, 0.2) is 0 Å². The first-order valence-corrected chi connectivity index (χ1v) is 4.13. The normalized spacial score (nSPS) is 12.6. The van der Waals surface area contributed by atoms with Crippen LogP contribution in [0.1, 0.15) is 39.5 Å². The minimum Gasteiger partial charge on any atom is -0.373 e. The molecule has 0 aliphatic carbocycles. The lowest BCUT2D eigenvalue weighted by Crippen LogP contribution is -2.18. The Labute approximate surface area is 67.9 Å². The quantitative estimate of drug-likeness (QED) is 0.490. The van der Waals surface area contributed by atoms with Crippen molar-refractivity contribution < 1.29 is 9.63 Å². The van der Waals surface area contributed by atoms with E-state index in [1.165, 1.54) is 12.8 Å². The van der Waals surface area contributed by atoms with Gasteiger partial charge in [0, 0.05) is 0 Å². The van der Waals surface area contributed by atoms with Crippen LogP contribution in [0.2, 0.25) is 0 Å². The maximum atomic E-state index is 10.8. The van der Waals surface area contributed by atoms with E-state index in [0.717, 1.165) is 12.8 Å². The molecule has 0 aromatic rings. The second-order valence-corrected chi connectivity index (χ2v) is 2.83. The molecule has 0 aliphatic rings. The highest BCUT2D eigenvalue weighted by Crippen LogP contribution is 2.09. The lowest BCUT2D eigenvalue weighted by molar-refractivity contribution is -0.148. The van der Waals surface area contributed by atoms with Crippen molar-refractivity contribution in [1.29, 1.82) is 0 Å². The Bertz CT molecular complexity index is 115. The highest BCUT2D eigenvalue weighted by Gasteiger charge is 2.11. The fourth-order valence-corrected chi connectivity index (χ4v) is 0.935. The molecule has 0 saturated heterocycles. The molecule has 0 rings (SSSR count). The van der Waals surface area contributed by atoms with E-state index in [1.54, 1.807) is 0 Å². The van der Waals surface area contributed by atoms with Gasteiger partial charge >= 0.3 is 5.97 Å². The van der Waals surface area contributed by atoms with Crippen molar-refractivity contribution in [2.24, 2.45) is 11.8 Å². The van der Waals surface area contributed by atoms with Crippen molar-refractivity contribution in [2.45, 2.75) is 39.5 Å². The number of rotatable bonds is 5. The molecule has 1 atom stereocenters. The van der Waals surface area contributed by atoms with Crippen LogP contribution in [-0.4, -0.2) is 5.97 Å². The first kappa shape index (κ1) is 10.4. The summed E-state index contributed by atoms with van der Waals surface area (Å²) in [4.78, 5) is 14.9. The second kappa shape index (κ2) is 6.16. The molecular formula is C8H17NO2. The molecule has 0 heterocycles. The van der Waals surface area contributed by atoms with Crippen LogP contribution in [0.3, 0.4) is 0 Å². The largest absolute Gasteiger partial charge is 0.373 e. The summed E-state index contributed by atoms with van der Waals surface area (Å²) in [5.74, 6) is 4.37. The van der Waals surface area contributed by atoms with E-state index < -0.39 is 0 Å². The molecule has 2 N–H and O–H groups in total. The zero-order valence-corrected chi connectivity index (χ0v) is 7.30. The van der Waals surface area contributed by atoms with Crippen molar-refractivity contribution >= 4 is 5.97 Å². The first-order valence-electron chi connectivity index (χ1n) is 4.13. The summed E-state index contributed by atoms with van der Waals surface area (Å²) in [5.41, 5.74) is 0. The molecule has 0 aromatic heterocycles. The maximum Gasteiger partial charge on any atom is 0.327 e. The number of nitrogens with two attached hydrogens (primary N) is 1. The summed E-state index contributed by atoms with van der Waals surface area (Å²) in [6.45, 7) is 3.97. The lowest BCUT2D eigenvalue weighted by atomic mass is 10.0. The Morgan fingerprint density at radius 2 is 2.18 bits per heavy atom. The van der Waals surface area contributed by atoms with Crippen LogP contribution in [0, 0.1) is 5.92 Å². The van der Waals surface area contributed by atoms with Crippen molar-refractivity contribution in [3.63, 3.8) is 0 Å². The molecule has 3 heteroatoms. The fraction of sp³-hybridized carbons (Fsp3) is 0.875. The Morgan fingerprint density at radius 1 is 1.55 bits per heavy atom. The molecule has 0 radical (unpaired) electrons. The molecule has 0 spiro atoms. The van der Waals surface area contributed by atoms with E-state index in [-0.39, 0.29) is 11.9 Å². The molecule has 66 valence electrons. The van der Waals surface area contributed by atoms with Crippen molar-refractivity contribution in [1.82, 2.24) is 0 Å². The Hall–Kier alpha value is -0.570. The topological polar surface area (TPSA) is 52.3 Å². The highest BCUT2D eigenvalue weighted by atomic mass is 16.7. The minimum absolute atomic E-state index is 0.0495. The zero-order valence-electron chi connectivity index (χ0n) is 7.30. The van der Waals surface area contributed by atoms with Gasteiger partial charge in [-0.2, -0.15) is 5.90 Å². The van der Waals surface area contributed by atoms with Crippen molar-refractivity contribution in [3.05, 3.63) is 0 Å². The fourth-order valence-electron chi connectivity index (χ4n) is 0.935. The van der Waals surface area contributed by atoms with Gasteiger partial charge in [-0.05, 0) is 6.42 Å². The van der Waals surface area contributed by atoms with E-state index in [9.17, 15) is 4.79 Å². The number of carbonyl (C=O) groups excluding carboxylic acids is 1. The number of hydrogen-bond donors (Lipinski definition) is 1. The zero-order chi connectivity index (χ0) is 8.69. The van der Waals surface area contributed by atoms with Gasteiger partial charge in [0.2, 0.25) is 0 Å². The summed E-state index contributed by atoms with van der Waals surface area (Å²) >= 11 is 0. The Morgan fingerprint density at radius 3 is 2.64 bits per heavy atom. The maximum absolute atomic E-state index is 10.8. The predicted octanol–water partition coefficient (Wildman–Crippen LogP) is 1.62. The minimum atomic E-state index is -0.305. The van der Waals surface area contributed by atoms with Crippen molar-refractivity contribution in [3.8, 4) is 0 Å². The van der Waals surface area contributed by atoms with Crippen LogP contribution in [0.25, 0.3) is 0 Å². The third-order valence-corrected chi connectivity index (χ3v) is 1.76. The van der Waals surface area contributed by atoms with Gasteiger partial charge in [-0.25, -0.2) is 0 Å². The molecule has 11 heavy (non-hydrogen) atoms. The molecule has 3 nitrogen and oxygen atoms in total. The summed E-state index contributed by atoms with van der Waals surface area (Å²) in [6, 6.07) is 0. The lowest BCUT2D eigenvalue weighted by Gasteiger charge is -2.06. The number of carbonyl (C=O) groups is 1. The molecule has 0 saturated carbocycles. The summed E-state index contributed by atoms with van der Waals surface area (Å²) in [5, 5.41) is 0. The third kappa shape index (κ3) is 4.79. The van der Waals surface area contributed by atoms with Gasteiger partial charge in [0.1, 0.15) is 0 Å². The number of unbranched alkanes of at least 4 members (excludes halogenated alkanes) is 2. The highest BCUT2D eigenvalue weighted by molar-refractivity contribution is 5.71. The molecular weight excluding hydrogens is 142 g/mol. The van der Waals surface area contributed by atoms with E-state index in [0.29, 0.717) is 0 Å². The van der Waals surface area contributed by atoms with Crippen LogP contribution < -0.4 is 5.90 Å². The van der Waals surface area contributed by atoms with Crippen LogP contribution in [-0.2, 0) is 9.63 Å². The average Bonchev–Trinajstić information content (AvgIpc) is 2.03. The summed E-state index contributed by atoms with van der Waals surface area (Å²) < 4.78 is 0. The van der Waals surface area contributed by atoms with Gasteiger partial charge in [-0.1, -0.05) is 33.1 Å². The van der Waals surface area contributed by atoms with E-state index >= 15 is 0 Å². The van der Waals surface area contributed by atoms with E-state index in [1.807, 2.05) is 6.92 Å². The smallest absolute Gasteiger partial charge is 0.327 e. The van der Waals surface area contributed by atoms with Gasteiger partial charge < -0.3 is 4.84 Å². The SMILES string of the molecule is CCCCCC(C)C(=O)ON. The average molecular weight is 159 g/mol. The van der Waals surface area contributed by atoms with Gasteiger partial charge in [-0.15, -0.1) is 0 Å². The van der Waals surface area contributed by atoms with Gasteiger partial charge in [0.05, 0.1) is 5.92 Å². The molecule has 0 aliphatic heterocycles. The molecule has 0 bridgehead atoms. The summed E-state index contributed by atoms with van der Waals surface area (Å²) in [6.07, 6.45) is 4.29. The number of hydrogen-bond acceptors (Lipinski definition) is 3. The van der Waals surface area contributed by atoms with E-state index in [4.69, 9.17) is 5.90 Å².